The lowest BCUT2D eigenvalue weighted by molar-refractivity contribution is 0.0696. The third-order valence-corrected chi connectivity index (χ3v) is 2.61. The maximum absolute atomic E-state index is 10.7. The van der Waals surface area contributed by atoms with Crippen LogP contribution in [0.3, 0.4) is 0 Å². The first kappa shape index (κ1) is 9.02. The van der Waals surface area contributed by atoms with Gasteiger partial charge in [0.25, 0.3) is 0 Å². The molecular weight excluding hydrogens is 182 g/mol. The molecule has 1 aliphatic carbocycles. The maximum atomic E-state index is 10.7. The number of aromatic carboxylic acids is 1. The molecule has 1 aliphatic rings. The molecular formula is C10H11NO3. The number of benzene rings is 1. The Morgan fingerprint density at radius 2 is 2.21 bits per heavy atom. The molecule has 0 unspecified atom stereocenters. The number of phenolic OH excluding ortho intramolecular Hbond substituents is 1. The van der Waals surface area contributed by atoms with Crippen LogP contribution in [0, 0.1) is 0 Å². The minimum atomic E-state index is -1.04. The molecule has 1 aromatic carbocycles. The second-order valence-electron chi connectivity index (χ2n) is 3.51. The zero-order valence-corrected chi connectivity index (χ0v) is 7.53. The highest BCUT2D eigenvalue weighted by atomic mass is 16.4. The topological polar surface area (TPSA) is 83.5 Å². The van der Waals surface area contributed by atoms with Crippen molar-refractivity contribution in [2.75, 3.05) is 0 Å². The number of fused-ring (bicyclic) bond motifs is 1. The maximum Gasteiger partial charge on any atom is 0.335 e. The highest BCUT2D eigenvalue weighted by Gasteiger charge is 2.23. The number of hydrogen-bond donors (Lipinski definition) is 3. The van der Waals surface area contributed by atoms with Crippen LogP contribution in [-0.4, -0.2) is 16.2 Å². The summed E-state index contributed by atoms with van der Waals surface area (Å²) in [7, 11) is 0. The molecule has 0 spiro atoms. The minimum Gasteiger partial charge on any atom is -0.508 e. The summed E-state index contributed by atoms with van der Waals surface area (Å²) in [5.74, 6) is -0.991. The van der Waals surface area contributed by atoms with Crippen molar-refractivity contribution in [1.82, 2.24) is 0 Å². The Balaban J connectivity index is 2.58. The second kappa shape index (κ2) is 2.99. The lowest BCUT2D eigenvalue weighted by atomic mass is 10.0. The van der Waals surface area contributed by atoms with Gasteiger partial charge in [0, 0.05) is 6.04 Å². The molecule has 74 valence electrons. The highest BCUT2D eigenvalue weighted by Crippen LogP contribution is 2.36. The van der Waals surface area contributed by atoms with Crippen molar-refractivity contribution >= 4 is 5.97 Å². The Morgan fingerprint density at radius 3 is 2.86 bits per heavy atom. The lowest BCUT2D eigenvalue weighted by Crippen LogP contribution is -2.07. The summed E-state index contributed by atoms with van der Waals surface area (Å²) < 4.78 is 0. The van der Waals surface area contributed by atoms with Gasteiger partial charge in [-0.05, 0) is 36.1 Å². The normalized spacial score (nSPS) is 19.4. The molecule has 0 heterocycles. The smallest absolute Gasteiger partial charge is 0.335 e. The molecule has 4 N–H and O–H groups in total. The number of phenols is 1. The Bertz CT molecular complexity index is 401. The van der Waals surface area contributed by atoms with Gasteiger partial charge in [0.2, 0.25) is 0 Å². The van der Waals surface area contributed by atoms with Crippen molar-refractivity contribution < 1.29 is 15.0 Å². The van der Waals surface area contributed by atoms with E-state index < -0.39 is 5.97 Å². The van der Waals surface area contributed by atoms with Crippen LogP contribution in [-0.2, 0) is 6.42 Å². The summed E-state index contributed by atoms with van der Waals surface area (Å²) in [4.78, 5) is 10.7. The van der Waals surface area contributed by atoms with E-state index in [2.05, 4.69) is 0 Å². The number of carboxylic acids is 1. The Kier molecular flexibility index (Phi) is 1.93. The molecule has 0 amide bonds. The van der Waals surface area contributed by atoms with Crippen molar-refractivity contribution in [2.45, 2.75) is 18.9 Å². The van der Waals surface area contributed by atoms with Crippen molar-refractivity contribution in [1.29, 1.82) is 0 Å². The fraction of sp³-hybridized carbons (Fsp3) is 0.300. The lowest BCUT2D eigenvalue weighted by Gasteiger charge is -2.07. The van der Waals surface area contributed by atoms with Gasteiger partial charge in [-0.25, -0.2) is 4.79 Å². The van der Waals surface area contributed by atoms with E-state index in [1.165, 1.54) is 6.07 Å². The van der Waals surface area contributed by atoms with Crippen molar-refractivity contribution in [2.24, 2.45) is 5.73 Å². The van der Waals surface area contributed by atoms with Gasteiger partial charge in [-0.15, -0.1) is 0 Å². The van der Waals surface area contributed by atoms with Gasteiger partial charge in [-0.3, -0.25) is 0 Å². The van der Waals surface area contributed by atoms with E-state index in [1.807, 2.05) is 0 Å². The average molecular weight is 193 g/mol. The van der Waals surface area contributed by atoms with E-state index in [0.29, 0.717) is 0 Å². The summed E-state index contributed by atoms with van der Waals surface area (Å²) in [5.41, 5.74) is 7.44. The Morgan fingerprint density at radius 1 is 1.50 bits per heavy atom. The summed E-state index contributed by atoms with van der Waals surface area (Å²) in [5, 5.41) is 18.3. The Labute approximate surface area is 81.0 Å². The van der Waals surface area contributed by atoms with Gasteiger partial charge in [0.05, 0.1) is 5.56 Å². The van der Waals surface area contributed by atoms with Crippen molar-refractivity contribution in [3.8, 4) is 5.75 Å². The van der Waals surface area contributed by atoms with E-state index in [9.17, 15) is 9.90 Å². The summed E-state index contributed by atoms with van der Waals surface area (Å²) in [6.45, 7) is 0. The van der Waals surface area contributed by atoms with Gasteiger partial charge in [0.15, 0.2) is 0 Å². The fourth-order valence-electron chi connectivity index (χ4n) is 1.86. The van der Waals surface area contributed by atoms with E-state index in [1.54, 1.807) is 6.07 Å². The molecule has 4 heteroatoms. The van der Waals surface area contributed by atoms with E-state index in [-0.39, 0.29) is 17.4 Å². The van der Waals surface area contributed by atoms with Gasteiger partial charge in [0.1, 0.15) is 5.75 Å². The van der Waals surface area contributed by atoms with Gasteiger partial charge < -0.3 is 15.9 Å². The molecule has 0 fully saturated rings. The predicted molar refractivity (Wildman–Crippen MR) is 50.3 cm³/mol. The first-order valence-electron chi connectivity index (χ1n) is 4.44. The standard InChI is InChI=1S/C10H11NO3/c11-8-2-1-6-7(8)3-5(10(13)14)4-9(6)12/h3-4,8,12H,1-2,11H2,(H,13,14)/t8-/m0/s1. The van der Waals surface area contributed by atoms with Crippen LogP contribution in [0.15, 0.2) is 12.1 Å². The zero-order chi connectivity index (χ0) is 10.3. The number of carboxylic acid groups (broad SMARTS) is 1. The summed E-state index contributed by atoms with van der Waals surface area (Å²) in [6, 6.07) is 2.68. The predicted octanol–water partition coefficient (Wildman–Crippen LogP) is 1.04. The quantitative estimate of drug-likeness (QED) is 0.622. The zero-order valence-electron chi connectivity index (χ0n) is 7.53. The number of carbonyl (C=O) groups is 1. The monoisotopic (exact) mass is 193 g/mol. The molecule has 0 aliphatic heterocycles. The van der Waals surface area contributed by atoms with Crippen LogP contribution in [0.4, 0.5) is 0 Å². The molecule has 0 aromatic heterocycles. The molecule has 0 saturated carbocycles. The van der Waals surface area contributed by atoms with E-state index >= 15 is 0 Å². The number of rotatable bonds is 1. The molecule has 0 radical (unpaired) electrons. The summed E-state index contributed by atoms with van der Waals surface area (Å²) in [6.07, 6.45) is 1.49. The molecule has 0 saturated heterocycles. The first-order chi connectivity index (χ1) is 6.59. The number of aromatic hydroxyl groups is 1. The SMILES string of the molecule is N[C@H]1CCc2c(O)cc(C(=O)O)cc21. The number of nitrogens with two attached hydrogens (primary N) is 1. The van der Waals surface area contributed by atoms with Gasteiger partial charge in [-0.1, -0.05) is 0 Å². The molecule has 1 aromatic rings. The van der Waals surface area contributed by atoms with Crippen LogP contribution < -0.4 is 5.73 Å². The molecule has 0 bridgehead atoms. The van der Waals surface area contributed by atoms with Crippen molar-refractivity contribution in [3.05, 3.63) is 28.8 Å². The highest BCUT2D eigenvalue weighted by molar-refractivity contribution is 5.88. The van der Waals surface area contributed by atoms with E-state index in [0.717, 1.165) is 24.0 Å². The molecule has 1 atom stereocenters. The van der Waals surface area contributed by atoms with Crippen LogP contribution >= 0.6 is 0 Å². The van der Waals surface area contributed by atoms with Crippen LogP contribution in [0.2, 0.25) is 0 Å². The van der Waals surface area contributed by atoms with Gasteiger partial charge in [-0.2, -0.15) is 0 Å². The van der Waals surface area contributed by atoms with Crippen LogP contribution in [0.5, 0.6) is 5.75 Å². The van der Waals surface area contributed by atoms with E-state index in [4.69, 9.17) is 10.8 Å². The minimum absolute atomic E-state index is 0.0489. The third kappa shape index (κ3) is 1.24. The molecule has 14 heavy (non-hydrogen) atoms. The van der Waals surface area contributed by atoms with Crippen molar-refractivity contribution in [3.63, 3.8) is 0 Å². The number of hydrogen-bond acceptors (Lipinski definition) is 3. The first-order valence-corrected chi connectivity index (χ1v) is 4.44. The third-order valence-electron chi connectivity index (χ3n) is 2.61. The molecule has 4 nitrogen and oxygen atoms in total. The second-order valence-corrected chi connectivity index (χ2v) is 3.51. The summed E-state index contributed by atoms with van der Waals surface area (Å²) >= 11 is 0. The molecule has 2 rings (SSSR count). The average Bonchev–Trinajstić information content (AvgIpc) is 2.48. The van der Waals surface area contributed by atoms with Crippen LogP contribution in [0.25, 0.3) is 0 Å². The van der Waals surface area contributed by atoms with Crippen LogP contribution in [0.1, 0.15) is 33.9 Å². The Hall–Kier alpha value is -1.55. The largest absolute Gasteiger partial charge is 0.508 e. The van der Waals surface area contributed by atoms with Gasteiger partial charge >= 0.3 is 5.97 Å². The fourth-order valence-corrected chi connectivity index (χ4v) is 1.86.